The Balaban J connectivity index is 2.60. The first kappa shape index (κ1) is 14.4. The zero-order chi connectivity index (χ0) is 12.9. The number of nitrogens with one attached hydrogen (secondary N) is 1. The van der Waals surface area contributed by atoms with Gasteiger partial charge in [0.15, 0.2) is 0 Å². The van der Waals surface area contributed by atoms with Crippen molar-refractivity contribution in [1.82, 2.24) is 5.32 Å². The number of hydrogen-bond acceptors (Lipinski definition) is 1. The molecule has 1 fully saturated rings. The van der Waals surface area contributed by atoms with Crippen LogP contribution in [-0.2, 0) is 0 Å². The van der Waals surface area contributed by atoms with Gasteiger partial charge in [0, 0.05) is 12.5 Å². The average molecular weight is 247 g/mol. The van der Waals surface area contributed by atoms with E-state index in [1.165, 1.54) is 0 Å². The second-order valence-corrected chi connectivity index (χ2v) is 4.74. The van der Waals surface area contributed by atoms with Crippen molar-refractivity contribution in [2.75, 3.05) is 6.54 Å². The molecular formula is C13H20F3N. The molecular weight excluding hydrogens is 227 g/mol. The lowest BCUT2D eigenvalue weighted by atomic mass is 9.76. The highest BCUT2D eigenvalue weighted by Gasteiger charge is 2.43. The van der Waals surface area contributed by atoms with E-state index < -0.39 is 12.1 Å². The maximum atomic E-state index is 12.7. The molecule has 1 aliphatic carbocycles. The minimum atomic E-state index is -4.05. The van der Waals surface area contributed by atoms with Crippen LogP contribution in [0.25, 0.3) is 0 Å². The Kier molecular flexibility index (Phi) is 5.32. The van der Waals surface area contributed by atoms with Crippen molar-refractivity contribution in [3.8, 4) is 12.3 Å². The van der Waals surface area contributed by atoms with Gasteiger partial charge in [-0.25, -0.2) is 0 Å². The number of alkyl halides is 3. The van der Waals surface area contributed by atoms with Crippen molar-refractivity contribution in [1.29, 1.82) is 0 Å². The molecule has 4 heteroatoms. The standard InChI is InChI=1S/C13H20F3N/c1-3-6-12(17-4-2)10-7-5-8-11(9-10)13(14,15)16/h1,10-12,17H,4-9H2,2H3. The van der Waals surface area contributed by atoms with E-state index in [4.69, 9.17) is 6.42 Å². The third-order valence-electron chi connectivity index (χ3n) is 3.55. The predicted molar refractivity (Wildman–Crippen MR) is 62.4 cm³/mol. The minimum Gasteiger partial charge on any atom is -0.313 e. The maximum absolute atomic E-state index is 12.7. The molecule has 0 amide bonds. The SMILES string of the molecule is C#CCC(NCC)C1CCCC(C(F)(F)F)C1. The monoisotopic (exact) mass is 247 g/mol. The number of hydrogen-bond donors (Lipinski definition) is 1. The summed E-state index contributed by atoms with van der Waals surface area (Å²) in [6, 6.07) is 0.0372. The summed E-state index contributed by atoms with van der Waals surface area (Å²) in [6.07, 6.45) is 3.75. The van der Waals surface area contributed by atoms with Gasteiger partial charge in [0.25, 0.3) is 0 Å². The van der Waals surface area contributed by atoms with E-state index in [0.717, 1.165) is 13.0 Å². The van der Waals surface area contributed by atoms with Crippen LogP contribution in [0, 0.1) is 24.2 Å². The fourth-order valence-electron chi connectivity index (χ4n) is 2.68. The van der Waals surface area contributed by atoms with Gasteiger partial charge in [0.1, 0.15) is 0 Å². The predicted octanol–water partition coefficient (Wildman–Crippen LogP) is 3.36. The lowest BCUT2D eigenvalue weighted by Crippen LogP contribution is -2.40. The molecule has 17 heavy (non-hydrogen) atoms. The van der Waals surface area contributed by atoms with Gasteiger partial charge in [-0.3, -0.25) is 0 Å². The Morgan fingerprint density at radius 1 is 1.41 bits per heavy atom. The van der Waals surface area contributed by atoms with Crippen LogP contribution in [0.2, 0.25) is 0 Å². The Morgan fingerprint density at radius 2 is 2.12 bits per heavy atom. The molecule has 1 saturated carbocycles. The first-order valence-electron chi connectivity index (χ1n) is 6.22. The van der Waals surface area contributed by atoms with Crippen LogP contribution in [0.15, 0.2) is 0 Å². The summed E-state index contributed by atoms with van der Waals surface area (Å²) in [5.74, 6) is 1.48. The summed E-state index contributed by atoms with van der Waals surface area (Å²) in [4.78, 5) is 0. The molecule has 0 aliphatic heterocycles. The molecule has 0 aromatic carbocycles. The van der Waals surface area contributed by atoms with Gasteiger partial charge >= 0.3 is 6.18 Å². The summed E-state index contributed by atoms with van der Waals surface area (Å²) in [6.45, 7) is 2.70. The molecule has 0 spiro atoms. The van der Waals surface area contributed by atoms with Crippen molar-refractivity contribution in [3.05, 3.63) is 0 Å². The van der Waals surface area contributed by atoms with Crippen molar-refractivity contribution in [3.63, 3.8) is 0 Å². The average Bonchev–Trinajstić information content (AvgIpc) is 2.28. The first-order chi connectivity index (χ1) is 7.99. The van der Waals surface area contributed by atoms with Crippen LogP contribution in [-0.4, -0.2) is 18.8 Å². The fraction of sp³-hybridized carbons (Fsp3) is 0.846. The lowest BCUT2D eigenvalue weighted by molar-refractivity contribution is -0.186. The molecule has 1 N–H and O–H groups in total. The zero-order valence-electron chi connectivity index (χ0n) is 10.2. The van der Waals surface area contributed by atoms with Gasteiger partial charge in [-0.15, -0.1) is 12.3 Å². The van der Waals surface area contributed by atoms with Gasteiger partial charge < -0.3 is 5.32 Å². The van der Waals surface area contributed by atoms with Gasteiger partial charge in [-0.2, -0.15) is 13.2 Å². The van der Waals surface area contributed by atoms with E-state index in [-0.39, 0.29) is 24.8 Å². The van der Waals surface area contributed by atoms with E-state index in [1.54, 1.807) is 0 Å². The Labute approximate surface area is 101 Å². The topological polar surface area (TPSA) is 12.0 Å². The maximum Gasteiger partial charge on any atom is 0.391 e. The quantitative estimate of drug-likeness (QED) is 0.751. The lowest BCUT2D eigenvalue weighted by Gasteiger charge is -2.35. The molecule has 0 saturated heterocycles. The normalized spacial score (nSPS) is 27.5. The van der Waals surface area contributed by atoms with Crippen LogP contribution in [0.5, 0.6) is 0 Å². The molecule has 98 valence electrons. The molecule has 0 radical (unpaired) electrons. The second kappa shape index (κ2) is 6.30. The smallest absolute Gasteiger partial charge is 0.313 e. The number of halogens is 3. The van der Waals surface area contributed by atoms with Crippen molar-refractivity contribution >= 4 is 0 Å². The number of rotatable bonds is 4. The van der Waals surface area contributed by atoms with E-state index in [9.17, 15) is 13.2 Å². The molecule has 0 aromatic rings. The molecule has 0 heterocycles. The fourth-order valence-corrected chi connectivity index (χ4v) is 2.68. The summed E-state index contributed by atoms with van der Waals surface area (Å²) in [5.41, 5.74) is 0. The molecule has 0 bridgehead atoms. The van der Waals surface area contributed by atoms with Gasteiger partial charge in [-0.05, 0) is 31.7 Å². The van der Waals surface area contributed by atoms with Crippen molar-refractivity contribution in [2.24, 2.45) is 11.8 Å². The molecule has 1 aliphatic rings. The van der Waals surface area contributed by atoms with E-state index >= 15 is 0 Å². The van der Waals surface area contributed by atoms with Crippen LogP contribution < -0.4 is 5.32 Å². The highest BCUT2D eigenvalue weighted by atomic mass is 19.4. The number of terminal acetylenes is 1. The molecule has 1 rings (SSSR count). The van der Waals surface area contributed by atoms with Crippen molar-refractivity contribution < 1.29 is 13.2 Å². The van der Waals surface area contributed by atoms with E-state index in [0.29, 0.717) is 12.8 Å². The van der Waals surface area contributed by atoms with Gasteiger partial charge in [0.05, 0.1) is 5.92 Å². The Morgan fingerprint density at radius 3 is 2.65 bits per heavy atom. The first-order valence-corrected chi connectivity index (χ1v) is 6.22. The van der Waals surface area contributed by atoms with Crippen LogP contribution in [0.4, 0.5) is 13.2 Å². The Bertz CT molecular complexity index is 267. The largest absolute Gasteiger partial charge is 0.391 e. The molecule has 3 atom stereocenters. The van der Waals surface area contributed by atoms with E-state index in [1.807, 2.05) is 6.92 Å². The van der Waals surface area contributed by atoms with Crippen molar-refractivity contribution in [2.45, 2.75) is 51.2 Å². The van der Waals surface area contributed by atoms with Crippen LogP contribution >= 0.6 is 0 Å². The second-order valence-electron chi connectivity index (χ2n) is 4.74. The third-order valence-corrected chi connectivity index (χ3v) is 3.55. The summed E-state index contributed by atoms with van der Waals surface area (Å²) in [5, 5.41) is 3.22. The third kappa shape index (κ3) is 4.23. The van der Waals surface area contributed by atoms with Crippen LogP contribution in [0.3, 0.4) is 0 Å². The highest BCUT2D eigenvalue weighted by molar-refractivity contribution is 4.94. The summed E-state index contributed by atoms with van der Waals surface area (Å²) in [7, 11) is 0. The van der Waals surface area contributed by atoms with Crippen LogP contribution in [0.1, 0.15) is 39.0 Å². The summed E-state index contributed by atoms with van der Waals surface area (Å²) < 4.78 is 38.1. The molecule has 3 unspecified atom stereocenters. The zero-order valence-corrected chi connectivity index (χ0v) is 10.2. The molecule has 1 nitrogen and oxygen atoms in total. The van der Waals surface area contributed by atoms with Gasteiger partial charge in [0.2, 0.25) is 0 Å². The summed E-state index contributed by atoms with van der Waals surface area (Å²) >= 11 is 0. The van der Waals surface area contributed by atoms with E-state index in [2.05, 4.69) is 11.2 Å². The highest BCUT2D eigenvalue weighted by Crippen LogP contribution is 2.41. The Hall–Kier alpha value is -0.690. The molecule has 0 aromatic heterocycles. The minimum absolute atomic E-state index is 0.0372. The van der Waals surface area contributed by atoms with Gasteiger partial charge in [-0.1, -0.05) is 13.3 Å².